The third kappa shape index (κ3) is 3.75. The molecule has 0 radical (unpaired) electrons. The third-order valence-electron chi connectivity index (χ3n) is 6.93. The number of carbonyl (C=O) groups is 3. The van der Waals surface area contributed by atoms with Gasteiger partial charge in [0.1, 0.15) is 0 Å². The number of fused-ring (bicyclic) bond motifs is 3. The minimum Gasteiger partial charge on any atom is -0.465 e. The van der Waals surface area contributed by atoms with Crippen molar-refractivity contribution in [3.8, 4) is 0 Å². The van der Waals surface area contributed by atoms with E-state index in [2.05, 4.69) is 10.3 Å². The lowest BCUT2D eigenvalue weighted by Gasteiger charge is -2.40. The molecular weight excluding hydrogens is 420 g/mol. The number of nitrogens with zero attached hydrogens (tertiary/aromatic N) is 2. The van der Waals surface area contributed by atoms with Crippen LogP contribution in [0.15, 0.2) is 36.5 Å². The molecule has 33 heavy (non-hydrogen) atoms. The molecule has 2 saturated heterocycles. The molecule has 3 aliphatic rings. The molecule has 2 amide bonds. The quantitative estimate of drug-likeness (QED) is 0.683. The number of hydrogen-bond acceptors (Lipinski definition) is 6. The fourth-order valence-electron chi connectivity index (χ4n) is 5.39. The number of aromatic nitrogens is 1. The van der Waals surface area contributed by atoms with Gasteiger partial charge in [0.2, 0.25) is 0 Å². The summed E-state index contributed by atoms with van der Waals surface area (Å²) in [7, 11) is 1.33. The summed E-state index contributed by atoms with van der Waals surface area (Å²) >= 11 is 0. The smallest absolute Gasteiger partial charge is 0.337 e. The SMILES string of the molecule is COC(=O)c1ccc(C(=O)N2[C@@H]3CC[C@H]2CC(Nc2c(C(N)=O)cnc4c2C=CC4)C3)cc1. The van der Waals surface area contributed by atoms with Crippen molar-refractivity contribution >= 4 is 29.5 Å². The Balaban J connectivity index is 1.33. The lowest BCUT2D eigenvalue weighted by Crippen LogP contribution is -2.49. The Labute approximate surface area is 191 Å². The van der Waals surface area contributed by atoms with E-state index in [4.69, 9.17) is 10.5 Å². The second kappa shape index (κ2) is 8.35. The van der Waals surface area contributed by atoms with Crippen LogP contribution in [0.2, 0.25) is 0 Å². The number of allylic oxidation sites excluding steroid dienone is 1. The van der Waals surface area contributed by atoms with Crippen molar-refractivity contribution in [2.75, 3.05) is 12.4 Å². The van der Waals surface area contributed by atoms with E-state index in [1.165, 1.54) is 7.11 Å². The fourth-order valence-corrected chi connectivity index (χ4v) is 5.39. The van der Waals surface area contributed by atoms with E-state index in [-0.39, 0.29) is 24.0 Å². The van der Waals surface area contributed by atoms with Gasteiger partial charge in [-0.1, -0.05) is 12.2 Å². The zero-order valence-electron chi connectivity index (χ0n) is 18.4. The van der Waals surface area contributed by atoms with E-state index in [1.807, 2.05) is 17.1 Å². The minimum absolute atomic E-state index is 0.0112. The number of amides is 2. The number of hydrogen-bond donors (Lipinski definition) is 2. The summed E-state index contributed by atoms with van der Waals surface area (Å²) in [6, 6.07) is 6.99. The van der Waals surface area contributed by atoms with Crippen LogP contribution in [0.25, 0.3) is 6.08 Å². The van der Waals surface area contributed by atoms with Gasteiger partial charge < -0.3 is 20.7 Å². The molecule has 3 N–H and O–H groups in total. The van der Waals surface area contributed by atoms with Gasteiger partial charge in [0, 0.05) is 41.9 Å². The number of esters is 1. The van der Waals surface area contributed by atoms with Crippen molar-refractivity contribution in [1.29, 1.82) is 0 Å². The number of nitrogens with two attached hydrogens (primary N) is 1. The van der Waals surface area contributed by atoms with Gasteiger partial charge in [0.15, 0.2) is 0 Å². The highest BCUT2D eigenvalue weighted by molar-refractivity contribution is 6.00. The van der Waals surface area contributed by atoms with Crippen LogP contribution in [0.4, 0.5) is 5.69 Å². The van der Waals surface area contributed by atoms with Gasteiger partial charge in [-0.2, -0.15) is 0 Å². The number of primary amides is 1. The Bertz CT molecular complexity index is 1140. The maximum Gasteiger partial charge on any atom is 0.337 e. The van der Waals surface area contributed by atoms with Gasteiger partial charge >= 0.3 is 5.97 Å². The summed E-state index contributed by atoms with van der Waals surface area (Å²) in [6.45, 7) is 0. The highest BCUT2D eigenvalue weighted by Gasteiger charge is 2.43. The molecule has 3 heterocycles. The van der Waals surface area contributed by atoms with Crippen LogP contribution in [0.5, 0.6) is 0 Å². The molecule has 5 rings (SSSR count). The first-order chi connectivity index (χ1) is 16.0. The predicted octanol–water partition coefficient (Wildman–Crippen LogP) is 2.78. The van der Waals surface area contributed by atoms with Crippen LogP contribution in [0.1, 0.15) is 68.0 Å². The van der Waals surface area contributed by atoms with Gasteiger partial charge in [0.05, 0.1) is 29.6 Å². The number of anilines is 1. The Morgan fingerprint density at radius 1 is 1.09 bits per heavy atom. The highest BCUT2D eigenvalue weighted by atomic mass is 16.5. The van der Waals surface area contributed by atoms with E-state index in [0.717, 1.165) is 49.0 Å². The highest BCUT2D eigenvalue weighted by Crippen LogP contribution is 2.39. The molecular formula is C25H26N4O4. The van der Waals surface area contributed by atoms with E-state index >= 15 is 0 Å². The average molecular weight is 447 g/mol. The molecule has 0 saturated carbocycles. The van der Waals surface area contributed by atoms with Crippen molar-refractivity contribution in [3.63, 3.8) is 0 Å². The summed E-state index contributed by atoms with van der Waals surface area (Å²) < 4.78 is 4.73. The molecule has 8 heteroatoms. The third-order valence-corrected chi connectivity index (χ3v) is 6.93. The topological polar surface area (TPSA) is 115 Å². The summed E-state index contributed by atoms with van der Waals surface area (Å²) in [5.41, 5.74) is 9.63. The molecule has 3 atom stereocenters. The average Bonchev–Trinajstić information content (AvgIpc) is 3.40. The number of piperidine rings is 1. The normalized spacial score (nSPS) is 22.7. The maximum atomic E-state index is 13.3. The minimum atomic E-state index is -0.501. The molecule has 2 aromatic rings. The molecule has 8 nitrogen and oxygen atoms in total. The summed E-state index contributed by atoms with van der Waals surface area (Å²) in [4.78, 5) is 43.4. The molecule has 170 valence electrons. The number of pyridine rings is 1. The second-order valence-corrected chi connectivity index (χ2v) is 8.86. The van der Waals surface area contributed by atoms with E-state index in [9.17, 15) is 14.4 Å². The number of carbonyl (C=O) groups excluding carboxylic acids is 3. The summed E-state index contributed by atoms with van der Waals surface area (Å²) in [6.07, 6.45) is 9.81. The monoisotopic (exact) mass is 446 g/mol. The molecule has 1 unspecified atom stereocenters. The zero-order chi connectivity index (χ0) is 23.1. The van der Waals surface area contributed by atoms with Crippen molar-refractivity contribution < 1.29 is 19.1 Å². The van der Waals surface area contributed by atoms with Crippen molar-refractivity contribution in [2.24, 2.45) is 5.73 Å². The van der Waals surface area contributed by atoms with Crippen molar-refractivity contribution in [2.45, 2.75) is 50.2 Å². The van der Waals surface area contributed by atoms with E-state index in [1.54, 1.807) is 30.5 Å². The van der Waals surface area contributed by atoms with Crippen LogP contribution in [0, 0.1) is 0 Å². The predicted molar refractivity (Wildman–Crippen MR) is 123 cm³/mol. The Morgan fingerprint density at radius 2 is 1.76 bits per heavy atom. The first-order valence-electron chi connectivity index (χ1n) is 11.2. The molecule has 1 aromatic heterocycles. The molecule has 2 aliphatic heterocycles. The van der Waals surface area contributed by atoms with Crippen LogP contribution in [0.3, 0.4) is 0 Å². The Kier molecular flexibility index (Phi) is 5.36. The molecule has 0 spiro atoms. The van der Waals surface area contributed by atoms with Crippen molar-refractivity contribution in [1.82, 2.24) is 9.88 Å². The number of ether oxygens (including phenoxy) is 1. The van der Waals surface area contributed by atoms with E-state index in [0.29, 0.717) is 16.7 Å². The lowest BCUT2D eigenvalue weighted by atomic mass is 9.95. The van der Waals surface area contributed by atoms with Gasteiger partial charge in [-0.05, 0) is 49.9 Å². The second-order valence-electron chi connectivity index (χ2n) is 8.86. The standard InChI is InChI=1S/C25H26N4O4/c1-33-25(32)15-7-5-14(6-8-15)24(31)29-17-9-10-18(29)12-16(11-17)28-22-19-3-2-4-21(19)27-13-20(22)23(26)30/h2-3,5-8,13,16-18H,4,9-12H2,1H3,(H2,26,30)(H,27,28)/t16?,17-,18+. The van der Waals surface area contributed by atoms with Crippen LogP contribution in [-0.2, 0) is 11.2 Å². The van der Waals surface area contributed by atoms with Crippen LogP contribution in [-0.4, -0.2) is 52.9 Å². The number of benzene rings is 1. The molecule has 1 aromatic carbocycles. The van der Waals surface area contributed by atoms with Gasteiger partial charge in [-0.25, -0.2) is 4.79 Å². The Hall–Kier alpha value is -3.68. The number of methoxy groups -OCH3 is 1. The molecule has 2 bridgehead atoms. The largest absolute Gasteiger partial charge is 0.465 e. The van der Waals surface area contributed by atoms with Gasteiger partial charge in [-0.15, -0.1) is 0 Å². The lowest BCUT2D eigenvalue weighted by molar-refractivity contribution is 0.0575. The first kappa shape index (κ1) is 21.2. The fraction of sp³-hybridized carbons (Fsp3) is 0.360. The summed E-state index contributed by atoms with van der Waals surface area (Å²) in [5.74, 6) is -0.934. The van der Waals surface area contributed by atoms with E-state index < -0.39 is 11.9 Å². The molecule has 2 fully saturated rings. The first-order valence-corrected chi connectivity index (χ1v) is 11.2. The van der Waals surface area contributed by atoms with Crippen LogP contribution >= 0.6 is 0 Å². The molecule has 1 aliphatic carbocycles. The number of rotatable bonds is 5. The zero-order valence-corrected chi connectivity index (χ0v) is 18.4. The van der Waals surface area contributed by atoms with Gasteiger partial charge in [-0.3, -0.25) is 14.6 Å². The Morgan fingerprint density at radius 3 is 2.39 bits per heavy atom. The summed E-state index contributed by atoms with van der Waals surface area (Å²) in [5, 5.41) is 3.58. The van der Waals surface area contributed by atoms with Gasteiger partial charge in [0.25, 0.3) is 11.8 Å². The van der Waals surface area contributed by atoms with Crippen LogP contribution < -0.4 is 11.1 Å². The maximum absolute atomic E-state index is 13.3. The van der Waals surface area contributed by atoms with Crippen molar-refractivity contribution in [3.05, 3.63) is 64.5 Å². The number of nitrogens with one attached hydrogen (secondary N) is 1.